The lowest BCUT2D eigenvalue weighted by molar-refractivity contribution is -0.150. The average Bonchev–Trinajstić information content (AvgIpc) is 3.05. The minimum absolute atomic E-state index is 0. The summed E-state index contributed by atoms with van der Waals surface area (Å²) >= 11 is 0. The van der Waals surface area contributed by atoms with Crippen LogP contribution in [0.2, 0.25) is 0 Å². The molecule has 1 aromatic carbocycles. The van der Waals surface area contributed by atoms with Crippen LogP contribution in [-0.2, 0) is 26.0 Å². The molecule has 1 aromatic rings. The van der Waals surface area contributed by atoms with E-state index in [4.69, 9.17) is 15.2 Å². The van der Waals surface area contributed by atoms with E-state index in [-0.39, 0.29) is 30.0 Å². The summed E-state index contributed by atoms with van der Waals surface area (Å²) in [5.41, 5.74) is 6.47. The van der Waals surface area contributed by atoms with Crippen LogP contribution in [0.15, 0.2) is 23.1 Å². The second-order valence-corrected chi connectivity index (χ2v) is 8.22. The number of carbonyl (C=O) groups is 1. The van der Waals surface area contributed by atoms with Gasteiger partial charge in [0.15, 0.2) is 6.10 Å². The summed E-state index contributed by atoms with van der Waals surface area (Å²) in [5, 5.41) is 0. The van der Waals surface area contributed by atoms with Crippen molar-refractivity contribution in [3.8, 4) is 5.75 Å². The summed E-state index contributed by atoms with van der Waals surface area (Å²) in [4.78, 5) is 12.1. The molecule has 0 saturated carbocycles. The molecule has 3 rings (SSSR count). The van der Waals surface area contributed by atoms with Crippen LogP contribution in [0.4, 0.5) is 0 Å². The number of ether oxygens (including phenoxy) is 2. The summed E-state index contributed by atoms with van der Waals surface area (Å²) in [6, 6.07) is 4.59. The zero-order chi connectivity index (χ0) is 18.0. The molecule has 2 unspecified atom stereocenters. The van der Waals surface area contributed by atoms with Gasteiger partial charge in [0.2, 0.25) is 10.0 Å². The monoisotopic (exact) mass is 404 g/mol. The summed E-state index contributed by atoms with van der Waals surface area (Å²) in [6.45, 7) is 2.82. The molecule has 2 N–H and O–H groups in total. The molecule has 2 atom stereocenters. The van der Waals surface area contributed by atoms with Crippen molar-refractivity contribution in [2.45, 2.75) is 49.6 Å². The van der Waals surface area contributed by atoms with Crippen LogP contribution in [-0.4, -0.2) is 50.5 Å². The van der Waals surface area contributed by atoms with Gasteiger partial charge in [-0.2, -0.15) is 4.31 Å². The van der Waals surface area contributed by atoms with E-state index in [0.717, 1.165) is 19.3 Å². The Bertz CT molecular complexity index is 756. The molecule has 7 nitrogen and oxygen atoms in total. The normalized spacial score (nSPS) is 22.8. The number of halogens is 1. The fraction of sp³-hybridized carbons (Fsp3) is 0.588. The predicted octanol–water partition coefficient (Wildman–Crippen LogP) is 1.48. The molecule has 146 valence electrons. The van der Waals surface area contributed by atoms with Crippen molar-refractivity contribution in [3.63, 3.8) is 0 Å². The smallest absolute Gasteiger partial charge is 0.347 e. The van der Waals surface area contributed by atoms with Gasteiger partial charge in [0.05, 0.1) is 11.5 Å². The van der Waals surface area contributed by atoms with E-state index in [9.17, 15) is 13.2 Å². The first kappa shape index (κ1) is 21.0. The van der Waals surface area contributed by atoms with E-state index < -0.39 is 22.1 Å². The topological polar surface area (TPSA) is 98.9 Å². The van der Waals surface area contributed by atoms with Crippen LogP contribution < -0.4 is 10.5 Å². The lowest BCUT2D eigenvalue weighted by Gasteiger charge is -2.33. The molecule has 2 aliphatic rings. The van der Waals surface area contributed by atoms with Gasteiger partial charge in [0.1, 0.15) is 5.75 Å². The molecule has 1 saturated heterocycles. The number of sulfonamides is 1. The van der Waals surface area contributed by atoms with Gasteiger partial charge in [-0.05, 0) is 43.5 Å². The molecule has 9 heteroatoms. The Kier molecular flexibility index (Phi) is 6.90. The highest BCUT2D eigenvalue weighted by atomic mass is 35.5. The van der Waals surface area contributed by atoms with Crippen LogP contribution in [0, 0.1) is 0 Å². The number of piperidine rings is 1. The maximum Gasteiger partial charge on any atom is 0.347 e. The van der Waals surface area contributed by atoms with Crippen LogP contribution in [0.5, 0.6) is 5.75 Å². The van der Waals surface area contributed by atoms with Crippen molar-refractivity contribution in [1.29, 1.82) is 0 Å². The Hall–Kier alpha value is -1.35. The SMILES string of the molecule is CCOC(=O)C1Cc2cc(S(=O)(=O)N3CCCCC3CN)ccc2O1.Cl. The van der Waals surface area contributed by atoms with Gasteiger partial charge in [-0.1, -0.05) is 6.42 Å². The first-order valence-corrected chi connectivity index (χ1v) is 10.1. The molecule has 1 fully saturated rings. The summed E-state index contributed by atoms with van der Waals surface area (Å²) in [6.07, 6.45) is 2.23. The fourth-order valence-corrected chi connectivity index (χ4v) is 5.17. The lowest BCUT2D eigenvalue weighted by Crippen LogP contribution is -2.47. The van der Waals surface area contributed by atoms with Crippen LogP contribution in [0.3, 0.4) is 0 Å². The largest absolute Gasteiger partial charge is 0.478 e. The molecule has 2 heterocycles. The quantitative estimate of drug-likeness (QED) is 0.746. The molecule has 0 amide bonds. The van der Waals surface area contributed by atoms with Gasteiger partial charge < -0.3 is 15.2 Å². The molecule has 0 spiro atoms. The highest BCUT2D eigenvalue weighted by Crippen LogP contribution is 2.33. The van der Waals surface area contributed by atoms with Crippen molar-refractivity contribution in [1.82, 2.24) is 4.31 Å². The van der Waals surface area contributed by atoms with Crippen LogP contribution in [0.1, 0.15) is 31.7 Å². The van der Waals surface area contributed by atoms with Crippen LogP contribution >= 0.6 is 12.4 Å². The van der Waals surface area contributed by atoms with E-state index in [2.05, 4.69) is 0 Å². The Morgan fingerprint density at radius 3 is 2.85 bits per heavy atom. The van der Waals surface area contributed by atoms with Gasteiger partial charge in [-0.15, -0.1) is 12.4 Å². The third kappa shape index (κ3) is 3.98. The Labute approximate surface area is 160 Å². The van der Waals surface area contributed by atoms with Gasteiger partial charge in [0, 0.05) is 25.6 Å². The standard InChI is InChI=1S/C17H24N2O5S.ClH/c1-2-23-17(20)16-10-12-9-14(6-7-15(12)24-16)25(21,22)19-8-4-3-5-13(19)11-18;/h6-7,9,13,16H,2-5,8,10-11,18H2,1H3;1H. The van der Waals surface area contributed by atoms with Gasteiger partial charge in [-0.25, -0.2) is 13.2 Å². The molecule has 2 aliphatic heterocycles. The van der Waals surface area contributed by atoms with Crippen LogP contribution in [0.25, 0.3) is 0 Å². The molecule has 0 radical (unpaired) electrons. The highest BCUT2D eigenvalue weighted by Gasteiger charge is 2.35. The summed E-state index contributed by atoms with van der Waals surface area (Å²) < 4.78 is 38.1. The number of carbonyl (C=O) groups excluding carboxylic acids is 1. The number of nitrogens with two attached hydrogens (primary N) is 1. The average molecular weight is 405 g/mol. The number of nitrogens with zero attached hydrogens (tertiary/aromatic N) is 1. The van der Waals surface area contributed by atoms with Crippen molar-refractivity contribution >= 4 is 28.4 Å². The molecule has 0 bridgehead atoms. The third-order valence-electron chi connectivity index (χ3n) is 4.71. The third-order valence-corrected chi connectivity index (χ3v) is 6.66. The number of rotatable bonds is 5. The molecular weight excluding hydrogens is 380 g/mol. The second kappa shape index (κ2) is 8.56. The Morgan fingerprint density at radius 2 is 2.15 bits per heavy atom. The second-order valence-electron chi connectivity index (χ2n) is 6.33. The molecular formula is C17H25ClN2O5S. The van der Waals surface area contributed by atoms with E-state index >= 15 is 0 Å². The molecule has 0 aliphatic carbocycles. The Balaban J connectivity index is 0.00000243. The lowest BCUT2D eigenvalue weighted by atomic mass is 10.1. The van der Waals surface area contributed by atoms with Gasteiger partial charge >= 0.3 is 5.97 Å². The predicted molar refractivity (Wildman–Crippen MR) is 99.0 cm³/mol. The maximum absolute atomic E-state index is 13.0. The maximum atomic E-state index is 13.0. The van der Waals surface area contributed by atoms with Crippen molar-refractivity contribution in [2.75, 3.05) is 19.7 Å². The van der Waals surface area contributed by atoms with E-state index in [1.54, 1.807) is 19.1 Å². The van der Waals surface area contributed by atoms with E-state index in [1.807, 2.05) is 0 Å². The van der Waals surface area contributed by atoms with Crippen molar-refractivity contribution in [3.05, 3.63) is 23.8 Å². The number of fused-ring (bicyclic) bond motifs is 1. The zero-order valence-corrected chi connectivity index (χ0v) is 16.4. The first-order chi connectivity index (χ1) is 12.0. The molecule has 26 heavy (non-hydrogen) atoms. The number of benzene rings is 1. The van der Waals surface area contributed by atoms with Crippen molar-refractivity contribution < 1.29 is 22.7 Å². The summed E-state index contributed by atoms with van der Waals surface area (Å²) in [7, 11) is -3.61. The number of hydrogen-bond acceptors (Lipinski definition) is 6. The summed E-state index contributed by atoms with van der Waals surface area (Å²) in [5.74, 6) is 0.105. The molecule has 0 aromatic heterocycles. The first-order valence-electron chi connectivity index (χ1n) is 8.65. The Morgan fingerprint density at radius 1 is 1.38 bits per heavy atom. The minimum atomic E-state index is -3.61. The fourth-order valence-electron chi connectivity index (χ4n) is 3.41. The van der Waals surface area contributed by atoms with E-state index in [0.29, 0.717) is 30.8 Å². The number of esters is 1. The van der Waals surface area contributed by atoms with Gasteiger partial charge in [0.25, 0.3) is 0 Å². The van der Waals surface area contributed by atoms with E-state index in [1.165, 1.54) is 10.4 Å². The highest BCUT2D eigenvalue weighted by molar-refractivity contribution is 7.89. The van der Waals surface area contributed by atoms with Crippen molar-refractivity contribution in [2.24, 2.45) is 5.73 Å². The zero-order valence-electron chi connectivity index (χ0n) is 14.7. The minimum Gasteiger partial charge on any atom is -0.478 e. The van der Waals surface area contributed by atoms with Gasteiger partial charge in [-0.3, -0.25) is 0 Å². The number of hydrogen-bond donors (Lipinski definition) is 1.